The highest BCUT2D eigenvalue weighted by molar-refractivity contribution is 7.73. The van der Waals surface area contributed by atoms with E-state index in [-0.39, 0.29) is 24.1 Å². The van der Waals surface area contributed by atoms with Gasteiger partial charge in [0, 0.05) is 18.2 Å². The molecular formula is C23H20ClN3O3S2. The number of nitrogens with zero attached hydrogens (tertiary/aromatic N) is 2. The smallest absolute Gasteiger partial charge is 0.262 e. The molecule has 1 saturated heterocycles. The minimum atomic E-state index is -0.242. The van der Waals surface area contributed by atoms with Crippen molar-refractivity contribution in [3.05, 3.63) is 67.9 Å². The molecule has 1 N–H and O–H groups in total. The van der Waals surface area contributed by atoms with Gasteiger partial charge in [0.25, 0.3) is 5.56 Å². The number of amides is 1. The molecule has 164 valence electrons. The lowest BCUT2D eigenvalue weighted by molar-refractivity contribution is -0.122. The number of nitrogens with one attached hydrogen (secondary N) is 1. The van der Waals surface area contributed by atoms with Crippen molar-refractivity contribution in [3.63, 3.8) is 0 Å². The summed E-state index contributed by atoms with van der Waals surface area (Å²) in [4.78, 5) is 27.1. The van der Waals surface area contributed by atoms with Gasteiger partial charge in [0.05, 0.1) is 21.9 Å². The van der Waals surface area contributed by atoms with Crippen LogP contribution in [0.2, 0.25) is 5.02 Å². The normalized spacial score (nSPS) is 16.1. The van der Waals surface area contributed by atoms with Gasteiger partial charge in [-0.15, -0.1) is 11.3 Å². The lowest BCUT2D eigenvalue weighted by Crippen LogP contribution is -2.37. The molecule has 3 heterocycles. The van der Waals surface area contributed by atoms with Crippen molar-refractivity contribution in [1.82, 2.24) is 14.3 Å². The van der Waals surface area contributed by atoms with Crippen molar-refractivity contribution in [3.8, 4) is 10.4 Å². The van der Waals surface area contributed by atoms with Gasteiger partial charge >= 0.3 is 0 Å². The zero-order valence-electron chi connectivity index (χ0n) is 17.0. The fourth-order valence-electron chi connectivity index (χ4n) is 4.11. The van der Waals surface area contributed by atoms with Crippen LogP contribution in [0.15, 0.2) is 53.3 Å². The van der Waals surface area contributed by atoms with E-state index >= 15 is 0 Å². The molecule has 0 saturated carbocycles. The van der Waals surface area contributed by atoms with Crippen LogP contribution in [0.1, 0.15) is 12.8 Å². The SMILES string of the molecule is O=C(Cn1c(=O)c2ccccc2n2c(=S)sc(-c3cccc(Cl)c3)c12)NCC1CCCO1. The highest BCUT2D eigenvalue weighted by Crippen LogP contribution is 2.34. The molecular weight excluding hydrogens is 466 g/mol. The number of benzene rings is 2. The molecule has 32 heavy (non-hydrogen) atoms. The van der Waals surface area contributed by atoms with E-state index in [9.17, 15) is 9.59 Å². The Bertz CT molecular complexity index is 1450. The molecule has 0 aliphatic carbocycles. The number of carbonyl (C=O) groups excluding carboxylic acids is 1. The Morgan fingerprint density at radius 3 is 2.88 bits per heavy atom. The maximum Gasteiger partial charge on any atom is 0.262 e. The minimum Gasteiger partial charge on any atom is -0.376 e. The zero-order valence-corrected chi connectivity index (χ0v) is 19.4. The Balaban J connectivity index is 1.67. The van der Waals surface area contributed by atoms with Crippen LogP contribution in [0.3, 0.4) is 0 Å². The molecule has 1 atom stereocenters. The third-order valence-corrected chi connectivity index (χ3v) is 7.25. The first kappa shape index (κ1) is 21.3. The molecule has 6 nitrogen and oxygen atoms in total. The van der Waals surface area contributed by atoms with Gasteiger partial charge in [-0.1, -0.05) is 35.9 Å². The monoisotopic (exact) mass is 485 g/mol. The first-order valence-corrected chi connectivity index (χ1v) is 11.9. The quantitative estimate of drug-likeness (QED) is 0.417. The lowest BCUT2D eigenvalue weighted by Gasteiger charge is -2.15. The van der Waals surface area contributed by atoms with Crippen molar-refractivity contribution < 1.29 is 9.53 Å². The molecule has 1 amide bonds. The first-order chi connectivity index (χ1) is 15.5. The predicted molar refractivity (Wildman–Crippen MR) is 130 cm³/mol. The summed E-state index contributed by atoms with van der Waals surface area (Å²) >= 11 is 13.3. The zero-order chi connectivity index (χ0) is 22.2. The summed E-state index contributed by atoms with van der Waals surface area (Å²) in [6, 6.07) is 14.7. The fourth-order valence-corrected chi connectivity index (χ4v) is 5.72. The Morgan fingerprint density at radius 2 is 2.09 bits per heavy atom. The predicted octanol–water partition coefficient (Wildman–Crippen LogP) is 4.66. The molecule has 1 unspecified atom stereocenters. The van der Waals surface area contributed by atoms with Crippen LogP contribution >= 0.6 is 35.2 Å². The van der Waals surface area contributed by atoms with E-state index in [1.807, 2.05) is 40.8 Å². The Kier molecular flexibility index (Phi) is 5.86. The third kappa shape index (κ3) is 3.88. The van der Waals surface area contributed by atoms with Crippen molar-refractivity contribution in [1.29, 1.82) is 0 Å². The molecule has 2 aromatic heterocycles. The second-order valence-electron chi connectivity index (χ2n) is 7.71. The van der Waals surface area contributed by atoms with E-state index in [2.05, 4.69) is 5.32 Å². The number of rotatable bonds is 5. The maximum absolute atomic E-state index is 13.5. The molecule has 1 fully saturated rings. The van der Waals surface area contributed by atoms with Gasteiger partial charge in [-0.05, 0) is 54.9 Å². The number of halogens is 1. The maximum atomic E-state index is 13.5. The summed E-state index contributed by atoms with van der Waals surface area (Å²) in [6.45, 7) is 1.05. The molecule has 1 aliphatic rings. The summed E-state index contributed by atoms with van der Waals surface area (Å²) in [5.41, 5.74) is 1.93. The van der Waals surface area contributed by atoms with Crippen LogP contribution < -0.4 is 10.9 Å². The van der Waals surface area contributed by atoms with Crippen molar-refractivity contribution >= 4 is 57.6 Å². The average Bonchev–Trinajstić information content (AvgIpc) is 3.43. The highest BCUT2D eigenvalue weighted by Gasteiger charge is 2.21. The summed E-state index contributed by atoms with van der Waals surface area (Å²) in [7, 11) is 0. The van der Waals surface area contributed by atoms with Gasteiger partial charge < -0.3 is 10.1 Å². The largest absolute Gasteiger partial charge is 0.376 e. The van der Waals surface area contributed by atoms with Crippen LogP contribution in [-0.2, 0) is 16.1 Å². The van der Waals surface area contributed by atoms with Gasteiger partial charge in [0.2, 0.25) is 5.91 Å². The van der Waals surface area contributed by atoms with E-state index in [4.69, 9.17) is 28.6 Å². The number of para-hydroxylation sites is 1. The summed E-state index contributed by atoms with van der Waals surface area (Å²) < 4.78 is 9.57. The molecule has 0 spiro atoms. The van der Waals surface area contributed by atoms with Gasteiger partial charge in [-0.2, -0.15) is 0 Å². The van der Waals surface area contributed by atoms with Crippen LogP contribution in [0.5, 0.6) is 0 Å². The van der Waals surface area contributed by atoms with Crippen LogP contribution in [0.4, 0.5) is 0 Å². The highest BCUT2D eigenvalue weighted by atomic mass is 35.5. The summed E-state index contributed by atoms with van der Waals surface area (Å²) in [5.74, 6) is -0.242. The summed E-state index contributed by atoms with van der Waals surface area (Å²) in [5, 5.41) is 4.01. The number of carbonyl (C=O) groups is 1. The lowest BCUT2D eigenvalue weighted by atomic mass is 10.2. The Hall–Kier alpha value is -2.52. The van der Waals surface area contributed by atoms with Crippen molar-refractivity contribution in [2.75, 3.05) is 13.2 Å². The van der Waals surface area contributed by atoms with Crippen LogP contribution in [0.25, 0.3) is 27.0 Å². The number of hydrogen-bond donors (Lipinski definition) is 1. The molecule has 4 aromatic rings. The van der Waals surface area contributed by atoms with Gasteiger partial charge in [0.1, 0.15) is 12.2 Å². The average molecular weight is 486 g/mol. The Labute approximate surface area is 198 Å². The Morgan fingerprint density at radius 1 is 1.25 bits per heavy atom. The molecule has 5 rings (SSSR count). The van der Waals surface area contributed by atoms with E-state index in [0.29, 0.717) is 26.6 Å². The topological polar surface area (TPSA) is 64.7 Å². The van der Waals surface area contributed by atoms with Crippen LogP contribution in [0, 0.1) is 3.95 Å². The van der Waals surface area contributed by atoms with E-state index < -0.39 is 0 Å². The number of thiazole rings is 1. The first-order valence-electron chi connectivity index (χ1n) is 10.3. The van der Waals surface area contributed by atoms with Gasteiger partial charge in [-0.3, -0.25) is 18.6 Å². The standard InChI is InChI=1S/C23H20ClN3O3S2/c24-15-6-3-5-14(11-15)20-21-26(13-19(28)25-12-16-7-4-10-30-16)22(29)17-8-1-2-9-18(17)27(21)23(31)32-20/h1-3,5-6,8-9,11,16H,4,7,10,12-13H2,(H,25,28). The van der Waals surface area contributed by atoms with E-state index in [1.165, 1.54) is 15.9 Å². The third-order valence-electron chi connectivity index (χ3n) is 5.60. The molecule has 0 bridgehead atoms. The van der Waals surface area contributed by atoms with Gasteiger partial charge in [-0.25, -0.2) is 0 Å². The summed E-state index contributed by atoms with van der Waals surface area (Å²) in [6.07, 6.45) is 1.96. The van der Waals surface area contributed by atoms with Crippen LogP contribution in [-0.4, -0.2) is 34.1 Å². The van der Waals surface area contributed by atoms with E-state index in [0.717, 1.165) is 35.4 Å². The second-order valence-corrected chi connectivity index (χ2v) is 9.79. The minimum absolute atomic E-state index is 0.0316. The number of hydrogen-bond acceptors (Lipinski definition) is 5. The number of fused-ring (bicyclic) bond motifs is 3. The number of aromatic nitrogens is 2. The molecule has 2 aromatic carbocycles. The van der Waals surface area contributed by atoms with Crippen molar-refractivity contribution in [2.45, 2.75) is 25.5 Å². The van der Waals surface area contributed by atoms with E-state index in [1.54, 1.807) is 12.1 Å². The van der Waals surface area contributed by atoms with Gasteiger partial charge in [0.15, 0.2) is 3.95 Å². The second kappa shape index (κ2) is 8.78. The molecule has 9 heteroatoms. The fraction of sp³-hybridized carbons (Fsp3) is 0.261. The van der Waals surface area contributed by atoms with Crippen molar-refractivity contribution in [2.24, 2.45) is 0 Å². The molecule has 0 radical (unpaired) electrons. The number of ether oxygens (including phenoxy) is 1. The molecule has 1 aliphatic heterocycles.